The van der Waals surface area contributed by atoms with Crippen molar-refractivity contribution in [3.63, 3.8) is 0 Å². The van der Waals surface area contributed by atoms with Crippen molar-refractivity contribution in [1.29, 1.82) is 0 Å². The molecule has 6 nitrogen and oxygen atoms in total. The van der Waals surface area contributed by atoms with Gasteiger partial charge in [0, 0.05) is 14.1 Å². The van der Waals surface area contributed by atoms with E-state index in [1.807, 2.05) is 0 Å². The Kier molecular flexibility index (Phi) is 3.01. The largest absolute Gasteiger partial charge is 0.478 e. The van der Waals surface area contributed by atoms with Crippen LogP contribution in [0, 0.1) is 0 Å². The van der Waals surface area contributed by atoms with E-state index in [0.29, 0.717) is 11.0 Å². The third-order valence-corrected chi connectivity index (χ3v) is 2.67. The van der Waals surface area contributed by atoms with Crippen LogP contribution in [0.25, 0.3) is 11.0 Å². The fraction of sp³-hybridized carbons (Fsp3) is 0.250. The number of carbonyl (C=O) groups excluding carboxylic acids is 1. The minimum Gasteiger partial charge on any atom is -0.478 e. The Hall–Kier alpha value is -2.37. The quantitative estimate of drug-likeness (QED) is 0.871. The lowest BCUT2D eigenvalue weighted by atomic mass is 10.2. The van der Waals surface area contributed by atoms with Gasteiger partial charge in [-0.15, -0.1) is 0 Å². The van der Waals surface area contributed by atoms with Gasteiger partial charge in [-0.05, 0) is 12.1 Å². The maximum absolute atomic E-state index is 11.7. The lowest BCUT2D eigenvalue weighted by Gasteiger charge is -2.11. The third kappa shape index (κ3) is 2.04. The number of likely N-dealkylation sites (N-methyl/N-ethyl adjacent to an activating group) is 1. The third-order valence-electron chi connectivity index (χ3n) is 2.67. The Morgan fingerprint density at radius 1 is 1.39 bits per heavy atom. The highest BCUT2D eigenvalue weighted by molar-refractivity contribution is 6.01. The molecule has 2 rings (SSSR count). The van der Waals surface area contributed by atoms with Crippen LogP contribution in [-0.4, -0.2) is 45.5 Å². The normalized spacial score (nSPS) is 10.6. The van der Waals surface area contributed by atoms with Gasteiger partial charge in [0.15, 0.2) is 0 Å². The first-order valence-electron chi connectivity index (χ1n) is 5.38. The van der Waals surface area contributed by atoms with Gasteiger partial charge >= 0.3 is 5.97 Å². The number of aromatic carboxylic acids is 1. The van der Waals surface area contributed by atoms with Crippen molar-refractivity contribution in [2.24, 2.45) is 0 Å². The first-order valence-corrected chi connectivity index (χ1v) is 5.38. The van der Waals surface area contributed by atoms with E-state index in [9.17, 15) is 9.59 Å². The van der Waals surface area contributed by atoms with Gasteiger partial charge in [0.1, 0.15) is 6.54 Å². The SMILES string of the molecule is CN(C)C(=O)Cn1cnc2cccc(C(=O)O)c21. The second-order valence-electron chi connectivity index (χ2n) is 4.14. The van der Waals surface area contributed by atoms with Crippen LogP contribution in [0.1, 0.15) is 10.4 Å². The fourth-order valence-corrected chi connectivity index (χ4v) is 1.71. The van der Waals surface area contributed by atoms with Gasteiger partial charge in [-0.25, -0.2) is 9.78 Å². The highest BCUT2D eigenvalue weighted by atomic mass is 16.4. The first-order chi connectivity index (χ1) is 8.50. The van der Waals surface area contributed by atoms with E-state index in [4.69, 9.17) is 5.11 Å². The van der Waals surface area contributed by atoms with Crippen LogP contribution < -0.4 is 0 Å². The summed E-state index contributed by atoms with van der Waals surface area (Å²) in [6.45, 7) is 0.0772. The molecule has 94 valence electrons. The Balaban J connectivity index is 2.52. The molecule has 2 aromatic rings. The van der Waals surface area contributed by atoms with E-state index in [2.05, 4.69) is 4.98 Å². The number of hydrogen-bond donors (Lipinski definition) is 1. The van der Waals surface area contributed by atoms with E-state index >= 15 is 0 Å². The Bertz CT molecular complexity index is 616. The van der Waals surface area contributed by atoms with Crippen LogP contribution in [0.15, 0.2) is 24.5 Å². The maximum atomic E-state index is 11.7. The van der Waals surface area contributed by atoms with Crippen molar-refractivity contribution >= 4 is 22.9 Å². The number of fused-ring (bicyclic) bond motifs is 1. The molecule has 0 saturated heterocycles. The van der Waals surface area contributed by atoms with Crippen molar-refractivity contribution < 1.29 is 14.7 Å². The zero-order chi connectivity index (χ0) is 13.3. The van der Waals surface area contributed by atoms with Crippen LogP contribution in [0.3, 0.4) is 0 Å². The molecule has 0 fully saturated rings. The van der Waals surface area contributed by atoms with Crippen molar-refractivity contribution in [3.8, 4) is 0 Å². The van der Waals surface area contributed by atoms with E-state index in [0.717, 1.165) is 0 Å². The standard InChI is InChI=1S/C12H13N3O3/c1-14(2)10(16)6-15-7-13-9-5-3-4-8(11(9)15)12(17)18/h3-5,7H,6H2,1-2H3,(H,17,18). The fourth-order valence-electron chi connectivity index (χ4n) is 1.71. The zero-order valence-electron chi connectivity index (χ0n) is 10.1. The van der Waals surface area contributed by atoms with Crippen LogP contribution in [0.5, 0.6) is 0 Å². The lowest BCUT2D eigenvalue weighted by molar-refractivity contribution is -0.129. The van der Waals surface area contributed by atoms with Crippen LogP contribution in [-0.2, 0) is 11.3 Å². The summed E-state index contributed by atoms with van der Waals surface area (Å²) >= 11 is 0. The first kappa shape index (κ1) is 12.1. The summed E-state index contributed by atoms with van der Waals surface area (Å²) in [6, 6.07) is 4.86. The van der Waals surface area contributed by atoms with Gasteiger partial charge in [0.05, 0.1) is 22.9 Å². The van der Waals surface area contributed by atoms with E-state index < -0.39 is 5.97 Å². The molecular weight excluding hydrogens is 234 g/mol. The summed E-state index contributed by atoms with van der Waals surface area (Å²) in [6.07, 6.45) is 1.48. The van der Waals surface area contributed by atoms with Crippen molar-refractivity contribution in [2.75, 3.05) is 14.1 Å². The number of rotatable bonds is 3. The Labute approximate surface area is 103 Å². The molecule has 1 aromatic heterocycles. The zero-order valence-corrected chi connectivity index (χ0v) is 10.1. The number of carbonyl (C=O) groups is 2. The summed E-state index contributed by atoms with van der Waals surface area (Å²) in [7, 11) is 3.30. The van der Waals surface area contributed by atoms with E-state index in [1.54, 1.807) is 30.8 Å². The summed E-state index contributed by atoms with van der Waals surface area (Å²) < 4.78 is 1.56. The summed E-state index contributed by atoms with van der Waals surface area (Å²) in [4.78, 5) is 28.4. The number of carboxylic acid groups (broad SMARTS) is 1. The van der Waals surface area contributed by atoms with E-state index in [1.165, 1.54) is 17.3 Å². The number of carboxylic acids is 1. The monoisotopic (exact) mass is 247 g/mol. The number of imidazole rings is 1. The predicted molar refractivity (Wildman–Crippen MR) is 65.4 cm³/mol. The molecule has 0 aliphatic carbocycles. The second kappa shape index (κ2) is 4.48. The Morgan fingerprint density at radius 3 is 2.72 bits per heavy atom. The van der Waals surface area contributed by atoms with Gasteiger partial charge in [0.25, 0.3) is 0 Å². The lowest BCUT2D eigenvalue weighted by Crippen LogP contribution is -2.26. The van der Waals surface area contributed by atoms with Crippen molar-refractivity contribution in [3.05, 3.63) is 30.1 Å². The number of amides is 1. The molecule has 6 heteroatoms. The van der Waals surface area contributed by atoms with Gasteiger partial charge in [-0.3, -0.25) is 4.79 Å². The number of para-hydroxylation sites is 1. The number of aromatic nitrogens is 2. The molecule has 0 saturated carbocycles. The number of hydrogen-bond acceptors (Lipinski definition) is 3. The minimum absolute atomic E-state index is 0.0772. The highest BCUT2D eigenvalue weighted by Gasteiger charge is 2.15. The molecule has 0 unspecified atom stereocenters. The predicted octanol–water partition coefficient (Wildman–Crippen LogP) is 0.823. The second-order valence-corrected chi connectivity index (χ2v) is 4.14. The molecule has 0 spiro atoms. The summed E-state index contributed by atoms with van der Waals surface area (Å²) in [5, 5.41) is 9.13. The smallest absolute Gasteiger partial charge is 0.337 e. The van der Waals surface area contributed by atoms with Gasteiger partial charge in [0.2, 0.25) is 5.91 Å². The highest BCUT2D eigenvalue weighted by Crippen LogP contribution is 2.18. The van der Waals surface area contributed by atoms with Gasteiger partial charge in [-0.1, -0.05) is 6.07 Å². The molecule has 0 atom stereocenters. The van der Waals surface area contributed by atoms with Crippen LogP contribution >= 0.6 is 0 Å². The topological polar surface area (TPSA) is 75.4 Å². The molecule has 18 heavy (non-hydrogen) atoms. The van der Waals surface area contributed by atoms with E-state index in [-0.39, 0.29) is 18.0 Å². The van der Waals surface area contributed by atoms with Gasteiger partial charge < -0.3 is 14.6 Å². The molecule has 0 aliphatic heterocycles. The molecule has 1 N–H and O–H groups in total. The maximum Gasteiger partial charge on any atom is 0.337 e. The molecule has 0 aliphatic rings. The van der Waals surface area contributed by atoms with Crippen LogP contribution in [0.2, 0.25) is 0 Å². The van der Waals surface area contributed by atoms with Crippen molar-refractivity contribution in [1.82, 2.24) is 14.5 Å². The number of nitrogens with zero attached hydrogens (tertiary/aromatic N) is 3. The molecule has 0 bridgehead atoms. The molecular formula is C12H13N3O3. The van der Waals surface area contributed by atoms with Gasteiger partial charge in [-0.2, -0.15) is 0 Å². The molecule has 1 amide bonds. The summed E-state index contributed by atoms with van der Waals surface area (Å²) in [5.41, 5.74) is 1.19. The minimum atomic E-state index is -1.03. The molecule has 1 aromatic carbocycles. The molecule has 0 radical (unpaired) electrons. The number of benzene rings is 1. The van der Waals surface area contributed by atoms with Crippen LogP contribution in [0.4, 0.5) is 0 Å². The average molecular weight is 247 g/mol. The van der Waals surface area contributed by atoms with Crippen molar-refractivity contribution in [2.45, 2.75) is 6.54 Å². The molecule has 1 heterocycles. The summed E-state index contributed by atoms with van der Waals surface area (Å²) in [5.74, 6) is -1.14. The Morgan fingerprint density at radius 2 is 2.11 bits per heavy atom. The average Bonchev–Trinajstić information content (AvgIpc) is 2.72.